The van der Waals surface area contributed by atoms with E-state index in [4.69, 9.17) is 5.26 Å². The van der Waals surface area contributed by atoms with Gasteiger partial charge < -0.3 is 9.47 Å². The van der Waals surface area contributed by atoms with Gasteiger partial charge in [-0.3, -0.25) is 10.1 Å². The topological polar surface area (TPSA) is 101 Å². The molecule has 0 bridgehead atoms. The van der Waals surface area contributed by atoms with Gasteiger partial charge in [-0.25, -0.2) is 0 Å². The molecule has 8 heteroatoms. The van der Waals surface area contributed by atoms with E-state index in [2.05, 4.69) is 19.7 Å². The molecule has 3 heterocycles. The first-order valence-electron chi connectivity index (χ1n) is 9.53. The molecule has 1 aromatic heterocycles. The Balaban J connectivity index is 1.62. The van der Waals surface area contributed by atoms with E-state index in [0.29, 0.717) is 17.8 Å². The zero-order valence-corrected chi connectivity index (χ0v) is 15.2. The summed E-state index contributed by atoms with van der Waals surface area (Å²) in [5.74, 6) is 2.31. The van der Waals surface area contributed by atoms with E-state index in [1.807, 2.05) is 6.07 Å². The fourth-order valence-corrected chi connectivity index (χ4v) is 4.22. The number of nitro benzene ring substituents is 1. The summed E-state index contributed by atoms with van der Waals surface area (Å²) in [7, 11) is 0. The second-order valence-electron chi connectivity index (χ2n) is 7.29. The normalized spacial score (nSPS) is 19.8. The number of nitriles is 1. The number of rotatable bonds is 3. The van der Waals surface area contributed by atoms with Crippen molar-refractivity contribution < 1.29 is 4.92 Å². The van der Waals surface area contributed by atoms with Crippen LogP contribution in [0.2, 0.25) is 0 Å². The van der Waals surface area contributed by atoms with Crippen LogP contribution in [0.5, 0.6) is 0 Å². The monoisotopic (exact) mass is 366 g/mol. The Morgan fingerprint density at radius 2 is 2.07 bits per heavy atom. The number of benzene rings is 1. The van der Waals surface area contributed by atoms with E-state index in [1.54, 1.807) is 12.1 Å². The molecular formula is C19H22N6O2. The van der Waals surface area contributed by atoms with Crippen LogP contribution in [0.4, 0.5) is 11.4 Å². The summed E-state index contributed by atoms with van der Waals surface area (Å²) in [6, 6.07) is 6.69. The zero-order valence-electron chi connectivity index (χ0n) is 15.2. The predicted molar refractivity (Wildman–Crippen MR) is 99.6 cm³/mol. The zero-order chi connectivity index (χ0) is 18.8. The van der Waals surface area contributed by atoms with Crippen molar-refractivity contribution in [2.45, 2.75) is 51.0 Å². The second-order valence-corrected chi connectivity index (χ2v) is 7.29. The third-order valence-corrected chi connectivity index (χ3v) is 5.57. The third kappa shape index (κ3) is 3.37. The van der Waals surface area contributed by atoms with Crippen LogP contribution < -0.4 is 4.90 Å². The maximum Gasteiger partial charge on any atom is 0.293 e. The van der Waals surface area contributed by atoms with Crippen LogP contribution >= 0.6 is 0 Å². The largest absolute Gasteiger partial charge is 0.365 e. The van der Waals surface area contributed by atoms with Gasteiger partial charge in [0.15, 0.2) is 0 Å². The van der Waals surface area contributed by atoms with E-state index in [0.717, 1.165) is 56.8 Å². The molecule has 0 amide bonds. The highest BCUT2D eigenvalue weighted by atomic mass is 16.6. The van der Waals surface area contributed by atoms with Crippen molar-refractivity contribution in [3.63, 3.8) is 0 Å². The summed E-state index contributed by atoms with van der Waals surface area (Å²) in [4.78, 5) is 13.2. The van der Waals surface area contributed by atoms with E-state index >= 15 is 0 Å². The summed E-state index contributed by atoms with van der Waals surface area (Å²) >= 11 is 0. The SMILES string of the molecule is N#Cc1ccc(N2CCCC(c3nnc4n3CCCCC4)C2)c([N+](=O)[O-])c1. The van der Waals surface area contributed by atoms with Crippen molar-refractivity contribution in [2.24, 2.45) is 0 Å². The van der Waals surface area contributed by atoms with Crippen molar-refractivity contribution in [1.29, 1.82) is 5.26 Å². The van der Waals surface area contributed by atoms with Crippen molar-refractivity contribution >= 4 is 11.4 Å². The molecule has 2 aromatic rings. The van der Waals surface area contributed by atoms with Crippen molar-refractivity contribution in [1.82, 2.24) is 14.8 Å². The number of fused-ring (bicyclic) bond motifs is 1. The minimum Gasteiger partial charge on any atom is -0.365 e. The number of anilines is 1. The second kappa shape index (κ2) is 7.35. The lowest BCUT2D eigenvalue weighted by Gasteiger charge is -2.33. The highest BCUT2D eigenvalue weighted by Gasteiger charge is 2.30. The maximum atomic E-state index is 11.5. The molecule has 1 atom stereocenters. The van der Waals surface area contributed by atoms with Gasteiger partial charge in [-0.15, -0.1) is 10.2 Å². The Morgan fingerprint density at radius 3 is 2.89 bits per heavy atom. The first-order chi connectivity index (χ1) is 13.2. The van der Waals surface area contributed by atoms with Gasteiger partial charge >= 0.3 is 0 Å². The quantitative estimate of drug-likeness (QED) is 0.611. The smallest absolute Gasteiger partial charge is 0.293 e. The summed E-state index contributed by atoms with van der Waals surface area (Å²) in [6.07, 6.45) is 6.46. The first kappa shape index (κ1) is 17.5. The van der Waals surface area contributed by atoms with Gasteiger partial charge in [0.1, 0.15) is 17.3 Å². The highest BCUT2D eigenvalue weighted by molar-refractivity contribution is 5.66. The van der Waals surface area contributed by atoms with Gasteiger partial charge in [0.2, 0.25) is 0 Å². The van der Waals surface area contributed by atoms with Crippen molar-refractivity contribution in [2.75, 3.05) is 18.0 Å². The molecule has 1 unspecified atom stereocenters. The number of nitro groups is 1. The van der Waals surface area contributed by atoms with Crippen molar-refractivity contribution in [3.8, 4) is 6.07 Å². The number of aromatic nitrogens is 3. The molecule has 140 valence electrons. The van der Waals surface area contributed by atoms with E-state index < -0.39 is 4.92 Å². The van der Waals surface area contributed by atoms with Crippen LogP contribution in [0, 0.1) is 21.4 Å². The summed E-state index contributed by atoms with van der Waals surface area (Å²) < 4.78 is 2.27. The van der Waals surface area contributed by atoms with Gasteiger partial charge in [0.05, 0.1) is 16.6 Å². The summed E-state index contributed by atoms with van der Waals surface area (Å²) in [6.45, 7) is 2.42. The number of nitrogens with zero attached hydrogens (tertiary/aromatic N) is 6. The van der Waals surface area contributed by atoms with Crippen LogP contribution in [-0.4, -0.2) is 32.8 Å². The lowest BCUT2D eigenvalue weighted by Crippen LogP contribution is -2.35. The molecule has 8 nitrogen and oxygen atoms in total. The van der Waals surface area contributed by atoms with Gasteiger partial charge in [0, 0.05) is 38.0 Å². The minimum absolute atomic E-state index is 0.00484. The number of piperidine rings is 1. The minimum atomic E-state index is -0.400. The fraction of sp³-hybridized carbons (Fsp3) is 0.526. The first-order valence-corrected chi connectivity index (χ1v) is 9.53. The average molecular weight is 366 g/mol. The Morgan fingerprint density at radius 1 is 1.19 bits per heavy atom. The molecule has 1 saturated heterocycles. The number of hydrogen-bond donors (Lipinski definition) is 0. The van der Waals surface area contributed by atoms with Crippen LogP contribution in [0.25, 0.3) is 0 Å². The third-order valence-electron chi connectivity index (χ3n) is 5.57. The predicted octanol–water partition coefficient (Wildman–Crippen LogP) is 3.17. The lowest BCUT2D eigenvalue weighted by atomic mass is 9.96. The lowest BCUT2D eigenvalue weighted by molar-refractivity contribution is -0.384. The molecule has 0 radical (unpaired) electrons. The number of hydrogen-bond acceptors (Lipinski definition) is 6. The van der Waals surface area contributed by atoms with E-state index in [1.165, 1.54) is 12.5 Å². The van der Waals surface area contributed by atoms with Crippen LogP contribution in [0.1, 0.15) is 55.2 Å². The number of aryl methyl sites for hydroxylation is 1. The molecular weight excluding hydrogens is 344 g/mol. The molecule has 1 aromatic carbocycles. The molecule has 2 aliphatic rings. The Kier molecular flexibility index (Phi) is 4.75. The standard InChI is InChI=1S/C19H22N6O2/c20-12-14-7-8-16(17(11-14)25(26)27)23-9-4-5-15(13-23)19-22-21-18-6-2-1-3-10-24(18)19/h7-8,11,15H,1-6,9-10,13H2. The molecule has 4 rings (SSSR count). The van der Waals surface area contributed by atoms with Gasteiger partial charge in [-0.05, 0) is 37.8 Å². The van der Waals surface area contributed by atoms with Gasteiger partial charge in [0.25, 0.3) is 5.69 Å². The summed E-state index contributed by atoms with van der Waals surface area (Å²) in [5.41, 5.74) is 0.885. The van der Waals surface area contributed by atoms with Crippen LogP contribution in [-0.2, 0) is 13.0 Å². The highest BCUT2D eigenvalue weighted by Crippen LogP contribution is 2.35. The van der Waals surface area contributed by atoms with Gasteiger partial charge in [-0.1, -0.05) is 6.42 Å². The van der Waals surface area contributed by atoms with Crippen LogP contribution in [0.3, 0.4) is 0 Å². The molecule has 0 saturated carbocycles. The van der Waals surface area contributed by atoms with Gasteiger partial charge in [-0.2, -0.15) is 5.26 Å². The Bertz CT molecular complexity index is 900. The average Bonchev–Trinajstić information content (AvgIpc) is 2.96. The maximum absolute atomic E-state index is 11.5. The molecule has 0 spiro atoms. The fourth-order valence-electron chi connectivity index (χ4n) is 4.22. The molecule has 27 heavy (non-hydrogen) atoms. The van der Waals surface area contributed by atoms with E-state index in [9.17, 15) is 10.1 Å². The van der Waals surface area contributed by atoms with E-state index in [-0.39, 0.29) is 11.6 Å². The molecule has 0 N–H and O–H groups in total. The molecule has 1 fully saturated rings. The van der Waals surface area contributed by atoms with Crippen molar-refractivity contribution in [3.05, 3.63) is 45.5 Å². The molecule has 2 aliphatic heterocycles. The Labute approximate surface area is 157 Å². The van der Waals surface area contributed by atoms with Crippen LogP contribution in [0.15, 0.2) is 18.2 Å². The Hall–Kier alpha value is -2.95. The summed E-state index contributed by atoms with van der Waals surface area (Å²) in [5, 5.41) is 29.5. The molecule has 0 aliphatic carbocycles.